The van der Waals surface area contributed by atoms with E-state index in [0.29, 0.717) is 43.2 Å². The molecule has 1 N–H and O–H groups in total. The second-order valence-corrected chi connectivity index (χ2v) is 7.59. The Morgan fingerprint density at radius 3 is 2.62 bits per heavy atom. The molecule has 4 rings (SSSR count). The number of fused-ring (bicyclic) bond motifs is 1. The van der Waals surface area contributed by atoms with Crippen molar-refractivity contribution >= 4 is 17.4 Å². The molecule has 168 valence electrons. The fourth-order valence-corrected chi connectivity index (χ4v) is 4.03. The summed E-state index contributed by atoms with van der Waals surface area (Å²) in [5.41, 5.74) is 0.469. The molecule has 1 saturated heterocycles. The van der Waals surface area contributed by atoms with E-state index in [0.717, 1.165) is 12.5 Å². The third kappa shape index (κ3) is 3.77. The highest BCUT2D eigenvalue weighted by molar-refractivity contribution is 6.46. The van der Waals surface area contributed by atoms with Gasteiger partial charge in [0.05, 0.1) is 24.3 Å². The van der Waals surface area contributed by atoms with Gasteiger partial charge in [-0.1, -0.05) is 19.4 Å². The van der Waals surface area contributed by atoms with Crippen molar-refractivity contribution in [1.82, 2.24) is 4.90 Å². The number of aliphatic hydroxyl groups excluding tert-OH is 1. The summed E-state index contributed by atoms with van der Waals surface area (Å²) >= 11 is 0. The standard InChI is InChI=1S/C24H24FNO6/c1-3-4-9-26-21(14-5-7-18-19(12-14)32-11-10-31-18)20(23(28)24(26)29)22(27)16-13-15(25)6-8-17(16)30-2/h5-8,12-13,21,27H,3-4,9-11H2,1-2H3/b22-20+. The van der Waals surface area contributed by atoms with Crippen molar-refractivity contribution in [1.29, 1.82) is 0 Å². The quantitative estimate of drug-likeness (QED) is 0.417. The molecule has 2 aliphatic rings. The molecule has 1 atom stereocenters. The minimum absolute atomic E-state index is 0.00327. The van der Waals surface area contributed by atoms with Gasteiger partial charge in [-0.15, -0.1) is 0 Å². The van der Waals surface area contributed by atoms with Gasteiger partial charge in [0.25, 0.3) is 11.7 Å². The van der Waals surface area contributed by atoms with Gasteiger partial charge in [-0.25, -0.2) is 4.39 Å². The van der Waals surface area contributed by atoms with Crippen LogP contribution in [0.1, 0.15) is 36.9 Å². The first kappa shape index (κ1) is 21.7. The maximum absolute atomic E-state index is 14.0. The Morgan fingerprint density at radius 2 is 1.91 bits per heavy atom. The molecule has 0 aliphatic carbocycles. The van der Waals surface area contributed by atoms with E-state index in [1.54, 1.807) is 18.2 Å². The first-order valence-corrected chi connectivity index (χ1v) is 10.5. The van der Waals surface area contributed by atoms with Gasteiger partial charge < -0.3 is 24.2 Å². The number of halogens is 1. The topological polar surface area (TPSA) is 85.3 Å². The summed E-state index contributed by atoms with van der Waals surface area (Å²) in [6.45, 7) is 3.12. The Balaban J connectivity index is 1.89. The van der Waals surface area contributed by atoms with Crippen LogP contribution in [0.15, 0.2) is 42.0 Å². The van der Waals surface area contributed by atoms with E-state index in [-0.39, 0.29) is 16.9 Å². The zero-order valence-corrected chi connectivity index (χ0v) is 17.9. The predicted molar refractivity (Wildman–Crippen MR) is 114 cm³/mol. The molecular formula is C24H24FNO6. The number of likely N-dealkylation sites (tertiary alicyclic amines) is 1. The predicted octanol–water partition coefficient (Wildman–Crippen LogP) is 3.83. The maximum atomic E-state index is 14.0. The third-order valence-corrected chi connectivity index (χ3v) is 5.59. The van der Waals surface area contributed by atoms with Gasteiger partial charge in [-0.3, -0.25) is 9.59 Å². The lowest BCUT2D eigenvalue weighted by Gasteiger charge is -2.27. The monoisotopic (exact) mass is 441 g/mol. The van der Waals surface area contributed by atoms with Gasteiger partial charge in [0.2, 0.25) is 0 Å². The Bertz CT molecular complexity index is 1100. The van der Waals surface area contributed by atoms with Crippen LogP contribution in [-0.2, 0) is 9.59 Å². The number of benzene rings is 2. The number of ketones is 1. The number of rotatable bonds is 6. The third-order valence-electron chi connectivity index (χ3n) is 5.59. The zero-order chi connectivity index (χ0) is 22.8. The fraction of sp³-hybridized carbons (Fsp3) is 0.333. The van der Waals surface area contributed by atoms with Gasteiger partial charge in [-0.05, 0) is 42.3 Å². The smallest absolute Gasteiger partial charge is 0.295 e. The number of carbonyl (C=O) groups excluding carboxylic acids is 2. The largest absolute Gasteiger partial charge is 0.507 e. The second kappa shape index (κ2) is 8.90. The van der Waals surface area contributed by atoms with E-state index in [2.05, 4.69) is 0 Å². The molecule has 2 aromatic rings. The molecule has 0 saturated carbocycles. The van der Waals surface area contributed by atoms with Gasteiger partial charge in [0.1, 0.15) is 30.5 Å². The number of unbranched alkanes of at least 4 members (excludes halogenated alkanes) is 1. The number of amides is 1. The SMILES string of the molecule is CCCCN1C(=O)C(=O)/C(=C(/O)c2cc(F)ccc2OC)C1c1ccc2c(c1)OCCO2. The number of aliphatic hydroxyl groups is 1. The average molecular weight is 441 g/mol. The molecule has 0 aromatic heterocycles. The van der Waals surface area contributed by atoms with Crippen LogP contribution < -0.4 is 14.2 Å². The molecule has 1 unspecified atom stereocenters. The van der Waals surface area contributed by atoms with E-state index >= 15 is 0 Å². The van der Waals surface area contributed by atoms with Crippen molar-refractivity contribution in [2.75, 3.05) is 26.9 Å². The summed E-state index contributed by atoms with van der Waals surface area (Å²) < 4.78 is 30.5. The summed E-state index contributed by atoms with van der Waals surface area (Å²) in [6, 6.07) is 7.93. The first-order chi connectivity index (χ1) is 15.5. The molecule has 2 aromatic carbocycles. The normalized spacial score (nSPS) is 19.3. The van der Waals surface area contributed by atoms with Gasteiger partial charge in [0, 0.05) is 6.54 Å². The Hall–Kier alpha value is -3.55. The van der Waals surface area contributed by atoms with E-state index in [1.165, 1.54) is 24.1 Å². The number of hydrogen-bond acceptors (Lipinski definition) is 6. The number of ether oxygens (including phenoxy) is 3. The van der Waals surface area contributed by atoms with E-state index < -0.39 is 29.3 Å². The van der Waals surface area contributed by atoms with E-state index in [9.17, 15) is 19.1 Å². The highest BCUT2D eigenvalue weighted by Crippen LogP contribution is 2.43. The summed E-state index contributed by atoms with van der Waals surface area (Å²) in [6.07, 6.45) is 1.49. The molecule has 7 nitrogen and oxygen atoms in total. The van der Waals surface area contributed by atoms with Crippen LogP contribution in [0, 0.1) is 5.82 Å². The van der Waals surface area contributed by atoms with E-state index in [4.69, 9.17) is 14.2 Å². The molecular weight excluding hydrogens is 417 g/mol. The summed E-state index contributed by atoms with van der Waals surface area (Å²) in [5, 5.41) is 11.1. The van der Waals surface area contributed by atoms with Crippen molar-refractivity contribution in [3.8, 4) is 17.2 Å². The van der Waals surface area contributed by atoms with Crippen LogP contribution in [0.25, 0.3) is 5.76 Å². The molecule has 0 radical (unpaired) electrons. The minimum Gasteiger partial charge on any atom is -0.507 e. The fourth-order valence-electron chi connectivity index (χ4n) is 4.03. The van der Waals surface area contributed by atoms with Crippen molar-refractivity contribution < 1.29 is 33.3 Å². The molecule has 1 fully saturated rings. The lowest BCUT2D eigenvalue weighted by molar-refractivity contribution is -0.139. The minimum atomic E-state index is -0.856. The number of nitrogens with zero attached hydrogens (tertiary/aromatic N) is 1. The van der Waals surface area contributed by atoms with Crippen LogP contribution in [0.5, 0.6) is 17.2 Å². The Morgan fingerprint density at radius 1 is 1.16 bits per heavy atom. The van der Waals surface area contributed by atoms with E-state index in [1.807, 2.05) is 6.92 Å². The molecule has 0 bridgehead atoms. The highest BCUT2D eigenvalue weighted by atomic mass is 19.1. The van der Waals surface area contributed by atoms with Crippen molar-refractivity contribution in [2.24, 2.45) is 0 Å². The van der Waals surface area contributed by atoms with Crippen LogP contribution in [0.4, 0.5) is 4.39 Å². The van der Waals surface area contributed by atoms with Crippen LogP contribution in [0.3, 0.4) is 0 Å². The Kier molecular flexibility index (Phi) is 6.03. The number of carbonyl (C=O) groups is 2. The van der Waals surface area contributed by atoms with Gasteiger partial charge in [-0.2, -0.15) is 0 Å². The molecule has 1 amide bonds. The van der Waals surface area contributed by atoms with Crippen molar-refractivity contribution in [3.63, 3.8) is 0 Å². The maximum Gasteiger partial charge on any atom is 0.295 e. The van der Waals surface area contributed by atoms with Crippen molar-refractivity contribution in [3.05, 3.63) is 58.9 Å². The first-order valence-electron chi connectivity index (χ1n) is 10.5. The zero-order valence-electron chi connectivity index (χ0n) is 17.9. The molecule has 2 heterocycles. The number of Topliss-reactive ketones (excluding diaryl/α,β-unsaturated/α-hetero) is 1. The van der Waals surface area contributed by atoms with Crippen LogP contribution >= 0.6 is 0 Å². The molecule has 0 spiro atoms. The summed E-state index contributed by atoms with van der Waals surface area (Å²) in [7, 11) is 1.38. The second-order valence-electron chi connectivity index (χ2n) is 7.59. The number of hydrogen-bond donors (Lipinski definition) is 1. The van der Waals surface area contributed by atoms with Gasteiger partial charge in [0.15, 0.2) is 11.5 Å². The van der Waals surface area contributed by atoms with Gasteiger partial charge >= 0.3 is 0 Å². The lowest BCUT2D eigenvalue weighted by atomic mass is 9.94. The lowest BCUT2D eigenvalue weighted by Crippen LogP contribution is -2.30. The summed E-state index contributed by atoms with van der Waals surface area (Å²) in [4.78, 5) is 27.4. The molecule has 32 heavy (non-hydrogen) atoms. The molecule has 8 heteroatoms. The number of methoxy groups -OCH3 is 1. The Labute approximate surface area is 185 Å². The van der Waals surface area contributed by atoms with Crippen molar-refractivity contribution in [2.45, 2.75) is 25.8 Å². The highest BCUT2D eigenvalue weighted by Gasteiger charge is 2.46. The average Bonchev–Trinajstić information content (AvgIpc) is 3.06. The van der Waals surface area contributed by atoms with Crippen LogP contribution in [0.2, 0.25) is 0 Å². The molecule has 2 aliphatic heterocycles. The summed E-state index contributed by atoms with van der Waals surface area (Å²) in [5.74, 6) is -1.39. The van der Waals surface area contributed by atoms with Crippen LogP contribution in [-0.4, -0.2) is 48.6 Å².